The predicted octanol–water partition coefficient (Wildman–Crippen LogP) is 0.311. The van der Waals surface area contributed by atoms with E-state index in [-0.39, 0.29) is 0 Å². The maximum atomic E-state index is 10.6. The first-order valence-electron chi connectivity index (χ1n) is 6.25. The van der Waals surface area contributed by atoms with Crippen LogP contribution in [0.5, 0.6) is 0 Å². The summed E-state index contributed by atoms with van der Waals surface area (Å²) in [5.74, 6) is -0.972. The molecule has 2 rings (SSSR count). The topological polar surface area (TPSA) is 203 Å². The van der Waals surface area contributed by atoms with Gasteiger partial charge in [-0.25, -0.2) is 9.13 Å². The van der Waals surface area contributed by atoms with Gasteiger partial charge in [0.1, 0.15) is 6.04 Å². The number of carboxylic acid groups (broad SMARTS) is 1. The maximum absolute atomic E-state index is 10.6. The third kappa shape index (κ3) is 7.35. The van der Waals surface area contributed by atoms with Crippen LogP contribution in [0.4, 0.5) is 0 Å². The van der Waals surface area contributed by atoms with E-state index in [0.717, 1.165) is 16.5 Å². The van der Waals surface area contributed by atoms with Crippen LogP contribution in [0.2, 0.25) is 0 Å². The van der Waals surface area contributed by atoms with E-state index < -0.39 is 27.7 Å². The molecule has 13 heteroatoms. The standard InChI is InChI=1S/C11H12N2O2.H4O7P2/c12-9(11(14)15)5-7-6-13-10-4-2-1-3-8(7)10;1-8(2,3)7-9(4,5)6/h1-4,6,9,13H,5,12H2,(H,14,15);(H2,1,2,3)(H2,4,5,6)/t9-;/m0./s1. The third-order valence-electron chi connectivity index (χ3n) is 2.64. The van der Waals surface area contributed by atoms with Gasteiger partial charge in [-0.2, -0.15) is 4.31 Å². The number of nitrogens with one attached hydrogen (secondary N) is 1. The van der Waals surface area contributed by atoms with Gasteiger partial charge >= 0.3 is 21.6 Å². The summed E-state index contributed by atoms with van der Waals surface area (Å²) >= 11 is 0. The second-order valence-electron chi connectivity index (χ2n) is 4.57. The van der Waals surface area contributed by atoms with Crippen molar-refractivity contribution < 1.29 is 42.9 Å². The summed E-state index contributed by atoms with van der Waals surface area (Å²) in [4.78, 5) is 44.7. The van der Waals surface area contributed by atoms with E-state index >= 15 is 0 Å². The number of aliphatic carboxylic acids is 1. The zero-order valence-electron chi connectivity index (χ0n) is 12.0. The molecule has 0 amide bonds. The first kappa shape index (κ1) is 20.5. The highest BCUT2D eigenvalue weighted by Gasteiger charge is 2.27. The second-order valence-corrected chi connectivity index (χ2v) is 7.19. The van der Waals surface area contributed by atoms with Crippen molar-refractivity contribution in [1.29, 1.82) is 0 Å². The van der Waals surface area contributed by atoms with Crippen molar-refractivity contribution in [1.82, 2.24) is 4.98 Å². The van der Waals surface area contributed by atoms with Gasteiger partial charge in [0, 0.05) is 23.5 Å². The van der Waals surface area contributed by atoms with Crippen molar-refractivity contribution in [2.45, 2.75) is 12.5 Å². The van der Waals surface area contributed by atoms with Crippen LogP contribution in [0.3, 0.4) is 0 Å². The minimum Gasteiger partial charge on any atom is -0.480 e. The predicted molar refractivity (Wildman–Crippen MR) is 82.8 cm³/mol. The molecule has 134 valence electrons. The molecule has 0 aliphatic rings. The fourth-order valence-corrected chi connectivity index (χ4v) is 2.87. The zero-order valence-corrected chi connectivity index (χ0v) is 13.8. The summed E-state index contributed by atoms with van der Waals surface area (Å²) in [6, 6.07) is 6.91. The molecule has 24 heavy (non-hydrogen) atoms. The Morgan fingerprint density at radius 3 is 2.17 bits per heavy atom. The highest BCUT2D eigenvalue weighted by molar-refractivity contribution is 7.60. The van der Waals surface area contributed by atoms with Crippen LogP contribution in [0.25, 0.3) is 10.9 Å². The number of hydrogen-bond acceptors (Lipinski definition) is 5. The zero-order chi connectivity index (χ0) is 18.5. The van der Waals surface area contributed by atoms with Gasteiger partial charge in [0.05, 0.1) is 0 Å². The number of phosphoric acid groups is 2. The lowest BCUT2D eigenvalue weighted by Crippen LogP contribution is -2.32. The van der Waals surface area contributed by atoms with Crippen molar-refractivity contribution >= 4 is 32.5 Å². The van der Waals surface area contributed by atoms with Gasteiger partial charge in [0.15, 0.2) is 0 Å². The van der Waals surface area contributed by atoms with Crippen molar-refractivity contribution in [3.63, 3.8) is 0 Å². The van der Waals surface area contributed by atoms with Crippen LogP contribution in [0.15, 0.2) is 30.5 Å². The average molecular weight is 382 g/mol. The number of aromatic amines is 1. The van der Waals surface area contributed by atoms with E-state index in [2.05, 4.69) is 9.29 Å². The average Bonchev–Trinajstić information content (AvgIpc) is 2.78. The van der Waals surface area contributed by atoms with Crippen LogP contribution < -0.4 is 5.73 Å². The first-order chi connectivity index (χ1) is 10.9. The Balaban J connectivity index is 0.000000277. The number of hydrogen-bond donors (Lipinski definition) is 7. The van der Waals surface area contributed by atoms with E-state index in [4.69, 9.17) is 30.4 Å². The Labute approximate surface area is 135 Å². The molecule has 0 aliphatic heterocycles. The summed E-state index contributed by atoms with van der Waals surface area (Å²) in [5.41, 5.74) is 7.43. The summed E-state index contributed by atoms with van der Waals surface area (Å²) < 4.78 is 22.2. The summed E-state index contributed by atoms with van der Waals surface area (Å²) in [7, 11) is -10.1. The SMILES string of the molecule is N[C@@H](Cc1c[nH]c2ccccc12)C(=O)O.O=P(O)(O)OP(=O)(O)O. The van der Waals surface area contributed by atoms with Crippen LogP contribution >= 0.6 is 15.6 Å². The molecule has 1 aromatic carbocycles. The molecule has 1 heterocycles. The monoisotopic (exact) mass is 382 g/mol. The van der Waals surface area contributed by atoms with E-state index in [9.17, 15) is 13.9 Å². The molecule has 0 fully saturated rings. The third-order valence-corrected chi connectivity index (χ3v) is 4.35. The highest BCUT2D eigenvalue weighted by Crippen LogP contribution is 2.53. The minimum absolute atomic E-state index is 0.347. The number of fused-ring (bicyclic) bond motifs is 1. The van der Waals surface area contributed by atoms with E-state index in [1.807, 2.05) is 30.5 Å². The second kappa shape index (κ2) is 8.02. The summed E-state index contributed by atoms with van der Waals surface area (Å²) in [6.45, 7) is 0. The summed E-state index contributed by atoms with van der Waals surface area (Å²) in [5, 5.41) is 9.75. The molecule has 8 N–H and O–H groups in total. The van der Waals surface area contributed by atoms with Gasteiger partial charge in [0.2, 0.25) is 0 Å². The number of benzene rings is 1. The minimum atomic E-state index is -5.05. The van der Waals surface area contributed by atoms with Gasteiger partial charge in [-0.15, -0.1) is 0 Å². The molecule has 0 radical (unpaired) electrons. The van der Waals surface area contributed by atoms with Crippen LogP contribution in [0.1, 0.15) is 5.56 Å². The maximum Gasteiger partial charge on any atom is 0.478 e. The molecule has 2 aromatic rings. The highest BCUT2D eigenvalue weighted by atomic mass is 31.3. The van der Waals surface area contributed by atoms with Gasteiger partial charge in [-0.05, 0) is 11.6 Å². The smallest absolute Gasteiger partial charge is 0.478 e. The molecule has 0 bridgehead atoms. The fraction of sp³-hybridized carbons (Fsp3) is 0.182. The number of rotatable bonds is 5. The first-order valence-corrected chi connectivity index (χ1v) is 9.31. The summed E-state index contributed by atoms with van der Waals surface area (Å²) in [6.07, 6.45) is 2.16. The van der Waals surface area contributed by atoms with Gasteiger partial charge < -0.3 is 35.4 Å². The number of para-hydroxylation sites is 1. The van der Waals surface area contributed by atoms with E-state index in [1.54, 1.807) is 0 Å². The van der Waals surface area contributed by atoms with Crippen LogP contribution in [0, 0.1) is 0 Å². The van der Waals surface area contributed by atoms with Crippen molar-refractivity contribution in [3.05, 3.63) is 36.0 Å². The van der Waals surface area contributed by atoms with Crippen molar-refractivity contribution in [2.75, 3.05) is 0 Å². The number of carboxylic acids is 1. The Kier molecular flexibility index (Phi) is 6.85. The Bertz CT molecular complexity index is 774. The Hall–Kier alpha value is -1.55. The molecule has 0 saturated carbocycles. The fourth-order valence-electron chi connectivity index (χ4n) is 1.76. The van der Waals surface area contributed by atoms with Gasteiger partial charge in [0.25, 0.3) is 0 Å². The quantitative estimate of drug-likeness (QED) is 0.352. The lowest BCUT2D eigenvalue weighted by molar-refractivity contribution is -0.138. The molecule has 0 spiro atoms. The lowest BCUT2D eigenvalue weighted by atomic mass is 10.1. The van der Waals surface area contributed by atoms with Gasteiger partial charge in [-0.3, -0.25) is 4.79 Å². The van der Waals surface area contributed by atoms with Crippen molar-refractivity contribution in [2.24, 2.45) is 5.73 Å². The number of nitrogens with two attached hydrogens (primary N) is 1. The molecular formula is C11H16N2O9P2. The Morgan fingerprint density at radius 1 is 1.17 bits per heavy atom. The number of aromatic nitrogens is 1. The van der Waals surface area contributed by atoms with Crippen LogP contribution in [-0.4, -0.2) is 41.7 Å². The van der Waals surface area contributed by atoms with E-state index in [0.29, 0.717) is 6.42 Å². The van der Waals surface area contributed by atoms with Gasteiger partial charge in [-0.1, -0.05) is 18.2 Å². The van der Waals surface area contributed by atoms with Crippen LogP contribution in [-0.2, 0) is 24.7 Å². The lowest BCUT2D eigenvalue weighted by Gasteiger charge is -2.04. The molecule has 1 atom stereocenters. The normalized spacial score (nSPS) is 13.2. The molecule has 0 aliphatic carbocycles. The Morgan fingerprint density at radius 2 is 1.71 bits per heavy atom. The molecule has 0 unspecified atom stereocenters. The number of carbonyl (C=O) groups is 1. The molecule has 1 aromatic heterocycles. The van der Waals surface area contributed by atoms with E-state index in [1.165, 1.54) is 0 Å². The number of H-pyrrole nitrogens is 1. The molecular weight excluding hydrogens is 366 g/mol. The molecule has 0 saturated heterocycles. The molecule has 11 nitrogen and oxygen atoms in total. The van der Waals surface area contributed by atoms with Crippen molar-refractivity contribution in [3.8, 4) is 0 Å². The largest absolute Gasteiger partial charge is 0.480 e.